The van der Waals surface area contributed by atoms with E-state index in [1.807, 2.05) is 7.05 Å². The summed E-state index contributed by atoms with van der Waals surface area (Å²) in [6, 6.07) is 1.25. The predicted octanol–water partition coefficient (Wildman–Crippen LogP) is -0.0290. The third-order valence-electron chi connectivity index (χ3n) is 1.67. The van der Waals surface area contributed by atoms with Gasteiger partial charge in [-0.25, -0.2) is 5.32 Å². The standard InChI is InChI=1S/C6H13N2/c1-5-3-6(7-2)4-8-5/h5-7H,3-4H2,1-2H3. The Morgan fingerprint density at radius 3 is 2.62 bits per heavy atom. The van der Waals surface area contributed by atoms with Crippen molar-refractivity contribution in [3.05, 3.63) is 0 Å². The minimum absolute atomic E-state index is 0.590. The molecule has 1 saturated heterocycles. The fraction of sp³-hybridized carbons (Fsp3) is 1.00. The zero-order valence-electron chi connectivity index (χ0n) is 5.52. The van der Waals surface area contributed by atoms with Gasteiger partial charge in [0, 0.05) is 18.6 Å². The molecule has 0 aliphatic carbocycles. The number of hydrogen-bond acceptors (Lipinski definition) is 1. The van der Waals surface area contributed by atoms with Gasteiger partial charge in [0.05, 0.1) is 0 Å². The molecule has 1 rings (SSSR count). The highest BCUT2D eigenvalue weighted by Gasteiger charge is 2.19. The molecule has 2 heteroatoms. The minimum Gasteiger partial charge on any atom is -0.316 e. The molecule has 1 heterocycles. The van der Waals surface area contributed by atoms with Crippen molar-refractivity contribution < 1.29 is 0 Å². The van der Waals surface area contributed by atoms with E-state index < -0.39 is 0 Å². The minimum atomic E-state index is 0.590. The van der Waals surface area contributed by atoms with Crippen LogP contribution in [0.15, 0.2) is 0 Å². The van der Waals surface area contributed by atoms with Crippen LogP contribution < -0.4 is 10.6 Å². The predicted molar refractivity (Wildman–Crippen MR) is 33.9 cm³/mol. The fourth-order valence-electron chi connectivity index (χ4n) is 1.08. The molecule has 0 saturated carbocycles. The smallest absolute Gasteiger partial charge is 0.0291 e. The van der Waals surface area contributed by atoms with Crippen LogP contribution in [0.5, 0.6) is 0 Å². The summed E-state index contributed by atoms with van der Waals surface area (Å²) < 4.78 is 0. The highest BCUT2D eigenvalue weighted by molar-refractivity contribution is 4.81. The monoisotopic (exact) mass is 113 g/mol. The maximum Gasteiger partial charge on any atom is 0.0291 e. The first-order valence-corrected chi connectivity index (χ1v) is 3.17. The molecule has 2 atom stereocenters. The lowest BCUT2D eigenvalue weighted by molar-refractivity contribution is 0.595. The van der Waals surface area contributed by atoms with E-state index in [2.05, 4.69) is 17.6 Å². The zero-order chi connectivity index (χ0) is 5.98. The van der Waals surface area contributed by atoms with Crippen LogP contribution in [0.25, 0.3) is 0 Å². The number of likely N-dealkylation sites (N-methyl/N-ethyl adjacent to an activating group) is 1. The molecule has 0 bridgehead atoms. The van der Waals surface area contributed by atoms with E-state index in [1.54, 1.807) is 0 Å². The van der Waals surface area contributed by atoms with Crippen molar-refractivity contribution >= 4 is 0 Å². The van der Waals surface area contributed by atoms with E-state index in [4.69, 9.17) is 0 Å². The summed E-state index contributed by atoms with van der Waals surface area (Å²) in [6.45, 7) is 3.18. The number of nitrogens with zero attached hydrogens (tertiary/aromatic N) is 1. The number of nitrogens with one attached hydrogen (secondary N) is 1. The van der Waals surface area contributed by atoms with Gasteiger partial charge in [0.2, 0.25) is 0 Å². The molecule has 2 nitrogen and oxygen atoms in total. The van der Waals surface area contributed by atoms with Crippen molar-refractivity contribution in [1.82, 2.24) is 10.6 Å². The van der Waals surface area contributed by atoms with Crippen molar-refractivity contribution in [2.24, 2.45) is 0 Å². The Morgan fingerprint density at radius 2 is 2.38 bits per heavy atom. The Bertz CT molecular complexity index is 72.9. The summed E-state index contributed by atoms with van der Waals surface area (Å²) in [4.78, 5) is 0. The van der Waals surface area contributed by atoms with Crippen molar-refractivity contribution in [2.75, 3.05) is 13.6 Å². The summed E-state index contributed by atoms with van der Waals surface area (Å²) in [5.41, 5.74) is 0. The Hall–Kier alpha value is -0.0800. The quantitative estimate of drug-likeness (QED) is 0.508. The fourth-order valence-corrected chi connectivity index (χ4v) is 1.08. The average Bonchev–Trinajstić information content (AvgIpc) is 2.14. The van der Waals surface area contributed by atoms with Crippen LogP contribution in [0.1, 0.15) is 13.3 Å². The van der Waals surface area contributed by atoms with Crippen molar-refractivity contribution in [1.29, 1.82) is 0 Å². The molecule has 8 heavy (non-hydrogen) atoms. The van der Waals surface area contributed by atoms with Crippen LogP contribution in [0.3, 0.4) is 0 Å². The molecule has 1 radical (unpaired) electrons. The second kappa shape index (κ2) is 2.46. The Kier molecular flexibility index (Phi) is 1.86. The zero-order valence-corrected chi connectivity index (χ0v) is 5.52. The molecule has 0 amide bonds. The van der Waals surface area contributed by atoms with Crippen molar-refractivity contribution in [2.45, 2.75) is 25.4 Å². The molecule has 0 aromatic carbocycles. The molecule has 1 fully saturated rings. The summed E-state index contributed by atoms with van der Waals surface area (Å²) >= 11 is 0. The highest BCUT2D eigenvalue weighted by atomic mass is 15.0. The lowest BCUT2D eigenvalue weighted by atomic mass is 10.2. The van der Waals surface area contributed by atoms with Crippen LogP contribution in [-0.2, 0) is 0 Å². The van der Waals surface area contributed by atoms with Gasteiger partial charge in [-0.05, 0) is 20.4 Å². The van der Waals surface area contributed by atoms with Crippen molar-refractivity contribution in [3.8, 4) is 0 Å². The molecule has 2 unspecified atom stereocenters. The molecule has 47 valence electrons. The molecule has 1 aliphatic rings. The van der Waals surface area contributed by atoms with E-state index in [9.17, 15) is 0 Å². The van der Waals surface area contributed by atoms with E-state index in [0.717, 1.165) is 6.54 Å². The maximum atomic E-state index is 4.33. The van der Waals surface area contributed by atoms with E-state index in [-0.39, 0.29) is 0 Å². The van der Waals surface area contributed by atoms with E-state index >= 15 is 0 Å². The number of rotatable bonds is 1. The van der Waals surface area contributed by atoms with Gasteiger partial charge in [-0.2, -0.15) is 0 Å². The van der Waals surface area contributed by atoms with Crippen LogP contribution in [0.4, 0.5) is 0 Å². The summed E-state index contributed by atoms with van der Waals surface area (Å²) in [6.07, 6.45) is 1.22. The second-order valence-electron chi connectivity index (χ2n) is 2.44. The van der Waals surface area contributed by atoms with Gasteiger partial charge in [-0.1, -0.05) is 0 Å². The Morgan fingerprint density at radius 1 is 1.62 bits per heavy atom. The van der Waals surface area contributed by atoms with Crippen molar-refractivity contribution in [3.63, 3.8) is 0 Å². The lowest BCUT2D eigenvalue weighted by Gasteiger charge is -2.02. The molecule has 1 aliphatic heterocycles. The van der Waals surface area contributed by atoms with Gasteiger partial charge in [0.25, 0.3) is 0 Å². The van der Waals surface area contributed by atoms with Gasteiger partial charge in [0.1, 0.15) is 0 Å². The van der Waals surface area contributed by atoms with Crippen LogP contribution in [0.2, 0.25) is 0 Å². The summed E-state index contributed by atoms with van der Waals surface area (Å²) in [5.74, 6) is 0. The van der Waals surface area contributed by atoms with Gasteiger partial charge >= 0.3 is 0 Å². The third-order valence-corrected chi connectivity index (χ3v) is 1.67. The summed E-state index contributed by atoms with van der Waals surface area (Å²) in [7, 11) is 2.00. The third kappa shape index (κ3) is 1.20. The van der Waals surface area contributed by atoms with E-state index in [1.165, 1.54) is 6.42 Å². The maximum absolute atomic E-state index is 4.33. The highest BCUT2D eigenvalue weighted by Crippen LogP contribution is 2.05. The van der Waals surface area contributed by atoms with Crippen LogP contribution in [0, 0.1) is 0 Å². The molecular formula is C6H13N2. The SMILES string of the molecule is CNC1C[N]C(C)C1. The van der Waals surface area contributed by atoms with E-state index in [0.29, 0.717) is 12.1 Å². The second-order valence-corrected chi connectivity index (χ2v) is 2.44. The van der Waals surface area contributed by atoms with Gasteiger partial charge in [-0.15, -0.1) is 0 Å². The van der Waals surface area contributed by atoms with Gasteiger partial charge in [-0.3, -0.25) is 0 Å². The van der Waals surface area contributed by atoms with Gasteiger partial charge < -0.3 is 5.32 Å². The normalized spacial score (nSPS) is 38.2. The summed E-state index contributed by atoms with van der Waals surface area (Å²) in [5, 5.41) is 7.53. The van der Waals surface area contributed by atoms with Crippen LogP contribution in [-0.4, -0.2) is 25.7 Å². The Balaban J connectivity index is 2.22. The lowest BCUT2D eigenvalue weighted by Crippen LogP contribution is -2.25. The first-order valence-electron chi connectivity index (χ1n) is 3.17. The number of hydrogen-bond donors (Lipinski definition) is 1. The molecule has 1 N–H and O–H groups in total. The largest absolute Gasteiger partial charge is 0.316 e. The first-order chi connectivity index (χ1) is 3.83. The molecular weight excluding hydrogens is 100 g/mol. The van der Waals surface area contributed by atoms with Crippen LogP contribution >= 0.6 is 0 Å². The molecule has 0 aromatic rings. The first kappa shape index (κ1) is 6.05. The topological polar surface area (TPSA) is 26.1 Å². The molecule has 0 aromatic heterocycles. The molecule has 0 spiro atoms. The Labute approximate surface area is 50.7 Å². The average molecular weight is 113 g/mol. The van der Waals surface area contributed by atoms with Gasteiger partial charge in [0.15, 0.2) is 0 Å².